The van der Waals surface area contributed by atoms with Gasteiger partial charge in [0.05, 0.1) is 24.4 Å². The lowest BCUT2D eigenvalue weighted by molar-refractivity contribution is 0.101. The molecule has 0 saturated heterocycles. The van der Waals surface area contributed by atoms with Gasteiger partial charge in [0.15, 0.2) is 5.76 Å². The quantitative estimate of drug-likeness (QED) is 0.269. The second kappa shape index (κ2) is 8.73. The van der Waals surface area contributed by atoms with Crippen LogP contribution in [0.2, 0.25) is 10.2 Å². The van der Waals surface area contributed by atoms with E-state index in [9.17, 15) is 4.79 Å². The van der Waals surface area contributed by atoms with Crippen molar-refractivity contribution in [1.29, 1.82) is 0 Å². The van der Waals surface area contributed by atoms with Crippen molar-refractivity contribution in [3.8, 4) is 17.3 Å². The number of hydrogen-bond donors (Lipinski definition) is 0. The molecule has 0 radical (unpaired) electrons. The Morgan fingerprint density at radius 2 is 1.88 bits per heavy atom. The molecular weight excluding hydrogens is 461 g/mol. The molecule has 2 aromatic carbocycles. The topological polar surface area (TPSA) is 70.2 Å². The molecule has 0 amide bonds. The number of fused-ring (bicyclic) bond motifs is 1. The number of ether oxygens (including phenoxy) is 1. The first kappa shape index (κ1) is 21.2. The van der Waals surface area contributed by atoms with Gasteiger partial charge in [-0.05, 0) is 48.0 Å². The molecule has 5 rings (SSSR count). The smallest absolute Gasteiger partial charge is 0.245 e. The number of ketones is 1. The van der Waals surface area contributed by atoms with Crippen LogP contribution in [0.25, 0.3) is 22.5 Å². The molecule has 8 heteroatoms. The second-order valence-electron chi connectivity index (χ2n) is 7.34. The Balaban J connectivity index is 1.61. The Kier molecular flexibility index (Phi) is 5.62. The number of halogens is 2. The van der Waals surface area contributed by atoms with Crippen LogP contribution in [0.4, 0.5) is 0 Å². The minimum absolute atomic E-state index is 0.0749. The van der Waals surface area contributed by atoms with Gasteiger partial charge in [-0.1, -0.05) is 41.4 Å². The average Bonchev–Trinajstić information content (AvgIpc) is 3.44. The number of aromatic nitrogens is 3. The summed E-state index contributed by atoms with van der Waals surface area (Å²) in [7, 11) is 1.57. The number of hydrogen-bond acceptors (Lipinski definition) is 5. The molecule has 0 spiro atoms. The van der Waals surface area contributed by atoms with E-state index >= 15 is 0 Å². The van der Waals surface area contributed by atoms with Crippen molar-refractivity contribution in [3.63, 3.8) is 0 Å². The van der Waals surface area contributed by atoms with Crippen molar-refractivity contribution in [1.82, 2.24) is 14.5 Å². The minimum atomic E-state index is -0.372. The van der Waals surface area contributed by atoms with Gasteiger partial charge in [0.25, 0.3) is 0 Å². The predicted molar refractivity (Wildman–Crippen MR) is 127 cm³/mol. The molecule has 0 fully saturated rings. The van der Waals surface area contributed by atoms with E-state index in [0.717, 1.165) is 11.1 Å². The van der Waals surface area contributed by atoms with E-state index in [4.69, 9.17) is 32.4 Å². The van der Waals surface area contributed by atoms with Crippen molar-refractivity contribution in [3.05, 3.63) is 100 Å². The maximum Gasteiger partial charge on any atom is 0.245 e. The van der Waals surface area contributed by atoms with E-state index in [2.05, 4.69) is 9.97 Å². The van der Waals surface area contributed by atoms with Crippen LogP contribution >= 0.6 is 23.2 Å². The second-order valence-corrected chi connectivity index (χ2v) is 8.13. The molecule has 33 heavy (non-hydrogen) atoms. The van der Waals surface area contributed by atoms with Crippen molar-refractivity contribution >= 4 is 39.9 Å². The minimum Gasteiger partial charge on any atom is -0.497 e. The lowest BCUT2D eigenvalue weighted by Gasteiger charge is -2.08. The molecule has 0 atom stereocenters. The van der Waals surface area contributed by atoms with E-state index in [1.807, 2.05) is 47.0 Å². The Bertz CT molecular complexity index is 1460. The van der Waals surface area contributed by atoms with Crippen LogP contribution in [0.3, 0.4) is 0 Å². The molecule has 3 heterocycles. The standard InChI is InChI=1S/C25H17Cl2N3O3/c1-32-17-9-10-20-18(12-17)22(24(27)30(20)14-15-5-7-16(26)8-6-15)23(31)21-13-29-25(33-21)19-4-2-3-11-28-19/h2-13H,14H2,1H3. The number of rotatable bonds is 6. The van der Waals surface area contributed by atoms with Gasteiger partial charge in [0.1, 0.15) is 16.6 Å². The number of benzene rings is 2. The van der Waals surface area contributed by atoms with Crippen molar-refractivity contribution < 1.29 is 13.9 Å². The zero-order chi connectivity index (χ0) is 22.9. The van der Waals surface area contributed by atoms with Crippen LogP contribution < -0.4 is 4.74 Å². The number of carbonyl (C=O) groups is 1. The van der Waals surface area contributed by atoms with Gasteiger partial charge in [-0.25, -0.2) is 4.98 Å². The molecule has 6 nitrogen and oxygen atoms in total. The summed E-state index contributed by atoms with van der Waals surface area (Å²) in [5, 5.41) is 1.61. The van der Waals surface area contributed by atoms with Crippen LogP contribution in [0.1, 0.15) is 21.7 Å². The molecule has 0 bridgehead atoms. The fourth-order valence-electron chi connectivity index (χ4n) is 3.68. The van der Waals surface area contributed by atoms with Crippen LogP contribution in [0.15, 0.2) is 77.5 Å². The molecule has 0 aliphatic carbocycles. The Labute approximate surface area is 199 Å². The van der Waals surface area contributed by atoms with Gasteiger partial charge in [-0.2, -0.15) is 0 Å². The summed E-state index contributed by atoms with van der Waals surface area (Å²) >= 11 is 12.8. The first-order valence-corrected chi connectivity index (χ1v) is 10.8. The Morgan fingerprint density at radius 1 is 1.06 bits per heavy atom. The summed E-state index contributed by atoms with van der Waals surface area (Å²) in [5.74, 6) is 0.579. The average molecular weight is 478 g/mol. The molecule has 3 aromatic heterocycles. The first-order valence-electron chi connectivity index (χ1n) is 10.1. The number of pyridine rings is 1. The maximum atomic E-state index is 13.5. The molecule has 0 aliphatic heterocycles. The monoisotopic (exact) mass is 477 g/mol. The lowest BCUT2D eigenvalue weighted by Crippen LogP contribution is -2.03. The third-order valence-electron chi connectivity index (χ3n) is 5.30. The highest BCUT2D eigenvalue weighted by Gasteiger charge is 2.26. The van der Waals surface area contributed by atoms with Crippen LogP contribution in [-0.2, 0) is 6.54 Å². The SMILES string of the molecule is COc1ccc2c(c1)c(C(=O)c1cnc(-c3ccccn3)o1)c(Cl)n2Cc1ccc(Cl)cc1. The van der Waals surface area contributed by atoms with E-state index in [0.29, 0.717) is 39.1 Å². The highest BCUT2D eigenvalue weighted by atomic mass is 35.5. The number of carbonyl (C=O) groups excluding carboxylic acids is 1. The van der Waals surface area contributed by atoms with Crippen molar-refractivity contribution in [2.24, 2.45) is 0 Å². The van der Waals surface area contributed by atoms with Gasteiger partial charge in [0.2, 0.25) is 11.7 Å². The zero-order valence-electron chi connectivity index (χ0n) is 17.5. The van der Waals surface area contributed by atoms with Gasteiger partial charge >= 0.3 is 0 Å². The lowest BCUT2D eigenvalue weighted by atomic mass is 10.1. The molecule has 164 valence electrons. The summed E-state index contributed by atoms with van der Waals surface area (Å²) in [6, 6.07) is 18.4. The van der Waals surface area contributed by atoms with Gasteiger partial charge in [-0.3, -0.25) is 9.78 Å². The number of oxazole rings is 1. The number of methoxy groups -OCH3 is 1. The normalized spacial score (nSPS) is 11.1. The maximum absolute atomic E-state index is 13.5. The van der Waals surface area contributed by atoms with Crippen molar-refractivity contribution in [2.75, 3.05) is 7.11 Å². The van der Waals surface area contributed by atoms with Gasteiger partial charge in [0, 0.05) is 23.2 Å². The molecule has 0 N–H and O–H groups in total. The third kappa shape index (κ3) is 3.99. The molecule has 0 saturated carbocycles. The van der Waals surface area contributed by atoms with E-state index in [1.54, 1.807) is 31.5 Å². The van der Waals surface area contributed by atoms with Crippen molar-refractivity contribution in [2.45, 2.75) is 6.54 Å². The molecule has 0 unspecified atom stereocenters. The molecule has 0 aliphatic rings. The fraction of sp³-hybridized carbons (Fsp3) is 0.0800. The summed E-state index contributed by atoms with van der Waals surface area (Å²) in [6.07, 6.45) is 3.03. The summed E-state index contributed by atoms with van der Waals surface area (Å²) in [6.45, 7) is 0.460. The zero-order valence-corrected chi connectivity index (χ0v) is 19.0. The highest BCUT2D eigenvalue weighted by Crippen LogP contribution is 2.35. The third-order valence-corrected chi connectivity index (χ3v) is 5.95. The van der Waals surface area contributed by atoms with E-state index in [1.165, 1.54) is 6.20 Å². The largest absolute Gasteiger partial charge is 0.497 e. The first-order chi connectivity index (χ1) is 16.0. The summed E-state index contributed by atoms with van der Waals surface area (Å²) in [5.41, 5.74) is 2.64. The highest BCUT2D eigenvalue weighted by molar-refractivity contribution is 6.37. The van der Waals surface area contributed by atoms with Crippen LogP contribution in [0.5, 0.6) is 5.75 Å². The van der Waals surface area contributed by atoms with E-state index in [-0.39, 0.29) is 17.4 Å². The fourth-order valence-corrected chi connectivity index (χ4v) is 4.15. The molecular formula is C25H17Cl2N3O3. The number of nitrogens with zero attached hydrogens (tertiary/aromatic N) is 3. The van der Waals surface area contributed by atoms with Crippen LogP contribution in [-0.4, -0.2) is 27.4 Å². The summed E-state index contributed by atoms with van der Waals surface area (Å²) in [4.78, 5) is 22.0. The Hall–Kier alpha value is -3.61. The van der Waals surface area contributed by atoms with Crippen LogP contribution in [0, 0.1) is 0 Å². The summed E-state index contributed by atoms with van der Waals surface area (Å²) < 4.78 is 13.0. The van der Waals surface area contributed by atoms with Gasteiger partial charge < -0.3 is 13.7 Å². The predicted octanol–water partition coefficient (Wildman–Crippen LogP) is 6.29. The van der Waals surface area contributed by atoms with E-state index < -0.39 is 0 Å². The molecule has 5 aromatic rings. The van der Waals surface area contributed by atoms with Gasteiger partial charge in [-0.15, -0.1) is 0 Å². The Morgan fingerprint density at radius 3 is 2.61 bits per heavy atom.